The number of hydrogen-bond acceptors (Lipinski definition) is 4. The fourth-order valence-electron chi connectivity index (χ4n) is 2.67. The lowest BCUT2D eigenvalue weighted by Crippen LogP contribution is -2.54. The lowest BCUT2D eigenvalue weighted by atomic mass is 9.98. The third-order valence-electron chi connectivity index (χ3n) is 3.87. The van der Waals surface area contributed by atoms with Crippen LogP contribution in [0.25, 0.3) is 0 Å². The topological polar surface area (TPSA) is 88.6 Å². The summed E-state index contributed by atoms with van der Waals surface area (Å²) in [6.45, 7) is 0.417. The van der Waals surface area contributed by atoms with E-state index in [1.807, 2.05) is 0 Å². The number of likely N-dealkylation sites (N-methyl/N-ethyl adjacent to an activating group) is 1. The van der Waals surface area contributed by atoms with Gasteiger partial charge in [0.2, 0.25) is 5.91 Å². The number of amides is 2. The number of carbonyl (C=O) groups excluding carboxylic acids is 2. The van der Waals surface area contributed by atoms with E-state index in [0.717, 1.165) is 25.7 Å². The highest BCUT2D eigenvalue weighted by Gasteiger charge is 2.34. The number of nitrogens with zero attached hydrogens (tertiary/aromatic N) is 1. The van der Waals surface area contributed by atoms with Gasteiger partial charge in [-0.1, -0.05) is 12.8 Å². The first kappa shape index (κ1) is 19.0. The van der Waals surface area contributed by atoms with E-state index in [4.69, 9.17) is 10.2 Å². The Morgan fingerprint density at radius 1 is 1.41 bits per heavy atom. The first-order valence-electron chi connectivity index (χ1n) is 6.98. The largest absolute Gasteiger partial charge is 0.444 e. The van der Waals surface area contributed by atoms with Crippen LogP contribution >= 0.6 is 28.3 Å². The second kappa shape index (κ2) is 7.99. The normalized spacial score (nSPS) is 16.0. The summed E-state index contributed by atoms with van der Waals surface area (Å²) in [6.07, 6.45) is 3.95. The second-order valence-corrected chi connectivity index (χ2v) is 6.29. The van der Waals surface area contributed by atoms with Crippen molar-refractivity contribution < 1.29 is 14.0 Å². The summed E-state index contributed by atoms with van der Waals surface area (Å²) in [7, 11) is 1.57. The molecule has 0 bridgehead atoms. The Bertz CT molecular complexity index is 529. The molecule has 2 rings (SSSR count). The molecule has 22 heavy (non-hydrogen) atoms. The molecule has 8 heteroatoms. The molecule has 6 nitrogen and oxygen atoms in total. The van der Waals surface area contributed by atoms with Crippen molar-refractivity contribution in [1.29, 1.82) is 0 Å². The molecular weight excluding hydrogens is 374 g/mol. The maximum Gasteiger partial charge on any atom is 0.289 e. The molecule has 1 aliphatic rings. The Morgan fingerprint density at radius 3 is 2.55 bits per heavy atom. The second-order valence-electron chi connectivity index (χ2n) is 5.50. The molecular formula is C14H21BrClN3O3. The highest BCUT2D eigenvalue weighted by molar-refractivity contribution is 9.10. The summed E-state index contributed by atoms with van der Waals surface area (Å²) in [6, 6.07) is 3.21. The molecule has 0 atom stereocenters. The average Bonchev–Trinajstić information content (AvgIpc) is 3.07. The Morgan fingerprint density at radius 2 is 2.05 bits per heavy atom. The van der Waals surface area contributed by atoms with Gasteiger partial charge in [-0.2, -0.15) is 0 Å². The van der Waals surface area contributed by atoms with Crippen molar-refractivity contribution in [3.63, 3.8) is 0 Å². The van der Waals surface area contributed by atoms with Crippen LogP contribution in [0.2, 0.25) is 0 Å². The third-order valence-corrected chi connectivity index (χ3v) is 4.29. The standard InChI is InChI=1S/C14H20BrN3O3.ClH/c1-18(13(20)10-4-5-11(15)21-10)8-12(19)17-14(9-16)6-2-3-7-14;/h4-5H,2-3,6-9,16H2,1H3,(H,17,19);1H. The number of nitrogens with two attached hydrogens (primary N) is 1. The monoisotopic (exact) mass is 393 g/mol. The fraction of sp³-hybridized carbons (Fsp3) is 0.571. The molecule has 1 saturated carbocycles. The highest BCUT2D eigenvalue weighted by Crippen LogP contribution is 2.28. The van der Waals surface area contributed by atoms with Gasteiger partial charge in [0.1, 0.15) is 0 Å². The van der Waals surface area contributed by atoms with Gasteiger partial charge in [0, 0.05) is 13.6 Å². The lowest BCUT2D eigenvalue weighted by Gasteiger charge is -2.29. The van der Waals surface area contributed by atoms with Crippen molar-refractivity contribution in [3.8, 4) is 0 Å². The zero-order valence-corrected chi connectivity index (χ0v) is 14.8. The minimum absolute atomic E-state index is 0. The summed E-state index contributed by atoms with van der Waals surface area (Å²) in [5.74, 6) is -0.320. The smallest absolute Gasteiger partial charge is 0.289 e. The predicted molar refractivity (Wildman–Crippen MR) is 89.0 cm³/mol. The minimum atomic E-state index is -0.330. The quantitative estimate of drug-likeness (QED) is 0.798. The molecule has 3 N–H and O–H groups in total. The maximum absolute atomic E-state index is 12.1. The van der Waals surface area contributed by atoms with E-state index in [9.17, 15) is 9.59 Å². The Hall–Kier alpha value is -1.05. The number of halogens is 2. The van der Waals surface area contributed by atoms with Crippen molar-refractivity contribution in [2.45, 2.75) is 31.2 Å². The first-order chi connectivity index (χ1) is 9.96. The molecule has 1 fully saturated rings. The molecule has 0 aromatic carbocycles. The van der Waals surface area contributed by atoms with Gasteiger partial charge in [-0.3, -0.25) is 9.59 Å². The Balaban J connectivity index is 0.00000242. The minimum Gasteiger partial charge on any atom is -0.444 e. The fourth-order valence-corrected chi connectivity index (χ4v) is 2.98. The van der Waals surface area contributed by atoms with Crippen molar-refractivity contribution in [1.82, 2.24) is 10.2 Å². The van der Waals surface area contributed by atoms with Crippen LogP contribution in [0.3, 0.4) is 0 Å². The number of rotatable bonds is 5. The van der Waals surface area contributed by atoms with Crippen LogP contribution in [0.15, 0.2) is 21.2 Å². The molecule has 1 aromatic heterocycles. The van der Waals surface area contributed by atoms with Gasteiger partial charge in [-0.25, -0.2) is 0 Å². The molecule has 0 spiro atoms. The molecule has 1 aliphatic carbocycles. The SMILES string of the molecule is CN(CC(=O)NC1(CN)CCCC1)C(=O)c1ccc(Br)o1.Cl. The number of hydrogen-bond donors (Lipinski definition) is 2. The van der Waals surface area contributed by atoms with Gasteiger partial charge in [-0.15, -0.1) is 12.4 Å². The summed E-state index contributed by atoms with van der Waals surface area (Å²) in [5.41, 5.74) is 5.49. The Kier molecular flexibility index (Phi) is 6.90. The molecule has 0 radical (unpaired) electrons. The van der Waals surface area contributed by atoms with Crippen molar-refractivity contribution in [2.75, 3.05) is 20.1 Å². The molecule has 0 unspecified atom stereocenters. The zero-order valence-electron chi connectivity index (χ0n) is 12.4. The number of furan rings is 1. The summed E-state index contributed by atoms with van der Waals surface area (Å²) in [5, 5.41) is 2.99. The highest BCUT2D eigenvalue weighted by atomic mass is 79.9. The van der Waals surface area contributed by atoms with E-state index in [1.54, 1.807) is 19.2 Å². The van der Waals surface area contributed by atoms with Gasteiger partial charge in [0.25, 0.3) is 5.91 Å². The van der Waals surface area contributed by atoms with Crippen LogP contribution in [-0.4, -0.2) is 42.4 Å². The van der Waals surface area contributed by atoms with Gasteiger partial charge in [0.15, 0.2) is 10.4 Å². The molecule has 1 aromatic rings. The van der Waals surface area contributed by atoms with Crippen LogP contribution in [0.5, 0.6) is 0 Å². The average molecular weight is 395 g/mol. The number of nitrogens with one attached hydrogen (secondary N) is 1. The lowest BCUT2D eigenvalue weighted by molar-refractivity contribution is -0.123. The molecule has 1 heterocycles. The van der Waals surface area contributed by atoms with Crippen molar-refractivity contribution >= 4 is 40.2 Å². The summed E-state index contributed by atoms with van der Waals surface area (Å²) in [4.78, 5) is 25.5. The molecule has 2 amide bonds. The van der Waals surface area contributed by atoms with Crippen LogP contribution in [-0.2, 0) is 4.79 Å². The zero-order chi connectivity index (χ0) is 15.5. The van der Waals surface area contributed by atoms with E-state index >= 15 is 0 Å². The molecule has 124 valence electrons. The van der Waals surface area contributed by atoms with Gasteiger partial charge < -0.3 is 20.4 Å². The maximum atomic E-state index is 12.1. The molecule has 0 aliphatic heterocycles. The van der Waals surface area contributed by atoms with E-state index in [-0.39, 0.29) is 42.1 Å². The van der Waals surface area contributed by atoms with Crippen LogP contribution in [0.1, 0.15) is 36.2 Å². The van der Waals surface area contributed by atoms with Crippen molar-refractivity contribution in [3.05, 3.63) is 22.6 Å². The van der Waals surface area contributed by atoms with E-state index in [1.165, 1.54) is 4.90 Å². The van der Waals surface area contributed by atoms with Crippen LogP contribution < -0.4 is 11.1 Å². The molecule has 0 saturated heterocycles. The van der Waals surface area contributed by atoms with E-state index < -0.39 is 0 Å². The first-order valence-corrected chi connectivity index (χ1v) is 7.77. The van der Waals surface area contributed by atoms with E-state index in [2.05, 4.69) is 21.2 Å². The van der Waals surface area contributed by atoms with Gasteiger partial charge in [-0.05, 0) is 40.9 Å². The Labute approximate surface area is 144 Å². The van der Waals surface area contributed by atoms with Crippen molar-refractivity contribution in [2.24, 2.45) is 5.73 Å². The number of carbonyl (C=O) groups is 2. The summed E-state index contributed by atoms with van der Waals surface area (Å²) >= 11 is 3.14. The van der Waals surface area contributed by atoms with Gasteiger partial charge in [0.05, 0.1) is 12.1 Å². The summed E-state index contributed by atoms with van der Waals surface area (Å²) < 4.78 is 5.68. The predicted octanol–water partition coefficient (Wildman–Crippen LogP) is 1.92. The van der Waals surface area contributed by atoms with E-state index in [0.29, 0.717) is 11.2 Å². The van der Waals surface area contributed by atoms with Gasteiger partial charge >= 0.3 is 0 Å². The van der Waals surface area contributed by atoms with Crippen LogP contribution in [0.4, 0.5) is 0 Å². The van der Waals surface area contributed by atoms with Crippen LogP contribution in [0, 0.1) is 0 Å². The third kappa shape index (κ3) is 4.47.